The zero-order valence-electron chi connectivity index (χ0n) is 11.2. The van der Waals surface area contributed by atoms with Crippen molar-refractivity contribution in [1.82, 2.24) is 9.78 Å². The summed E-state index contributed by atoms with van der Waals surface area (Å²) in [5, 5.41) is 6.22. The van der Waals surface area contributed by atoms with Gasteiger partial charge in [-0.1, -0.05) is 46.6 Å². The van der Waals surface area contributed by atoms with Crippen LogP contribution in [-0.2, 0) is 19.9 Å². The second-order valence-electron chi connectivity index (χ2n) is 4.71. The van der Waals surface area contributed by atoms with Gasteiger partial charge in [0, 0.05) is 23.1 Å². The van der Waals surface area contributed by atoms with Crippen LogP contribution in [0.15, 0.2) is 30.3 Å². The van der Waals surface area contributed by atoms with E-state index in [2.05, 4.69) is 46.2 Å². The highest BCUT2D eigenvalue weighted by atomic mass is 79.9. The molecular weight excluding hydrogens is 324 g/mol. The number of aryl methyl sites for hydroxylation is 2. The number of rotatable bonds is 5. The predicted molar refractivity (Wildman–Crippen MR) is 84.3 cm³/mol. The van der Waals surface area contributed by atoms with E-state index in [0.29, 0.717) is 5.92 Å². The van der Waals surface area contributed by atoms with E-state index < -0.39 is 0 Å². The van der Waals surface area contributed by atoms with Crippen LogP contribution in [0.5, 0.6) is 0 Å². The van der Waals surface area contributed by atoms with Crippen molar-refractivity contribution in [3.8, 4) is 0 Å². The van der Waals surface area contributed by atoms with E-state index in [1.165, 1.54) is 11.3 Å². The van der Waals surface area contributed by atoms with E-state index in [4.69, 9.17) is 11.6 Å². The van der Waals surface area contributed by atoms with E-state index in [1.807, 2.05) is 23.9 Å². The van der Waals surface area contributed by atoms with E-state index in [1.54, 1.807) is 0 Å². The maximum atomic E-state index is 5.94. The van der Waals surface area contributed by atoms with Crippen LogP contribution in [0.1, 0.15) is 29.8 Å². The molecule has 19 heavy (non-hydrogen) atoms. The Bertz CT molecular complexity index is 534. The SMILES string of the molecule is CCc1cc(CC(CBr)c2ccc(Cl)cc2)n(C)n1. The molecule has 0 saturated carbocycles. The number of alkyl halides is 1. The Hall–Kier alpha value is -0.800. The van der Waals surface area contributed by atoms with Crippen LogP contribution in [0.25, 0.3) is 0 Å². The van der Waals surface area contributed by atoms with Gasteiger partial charge in [-0.05, 0) is 42.5 Å². The van der Waals surface area contributed by atoms with E-state index in [-0.39, 0.29) is 0 Å². The highest BCUT2D eigenvalue weighted by Crippen LogP contribution is 2.24. The Morgan fingerprint density at radius 3 is 2.53 bits per heavy atom. The molecule has 0 saturated heterocycles. The monoisotopic (exact) mass is 340 g/mol. The summed E-state index contributed by atoms with van der Waals surface area (Å²) in [7, 11) is 2.02. The lowest BCUT2D eigenvalue weighted by atomic mass is 9.96. The first-order chi connectivity index (χ1) is 9.13. The number of aromatic nitrogens is 2. The molecule has 1 atom stereocenters. The fourth-order valence-electron chi connectivity index (χ4n) is 2.18. The average Bonchev–Trinajstić information content (AvgIpc) is 2.78. The summed E-state index contributed by atoms with van der Waals surface area (Å²) in [6.07, 6.45) is 1.96. The number of nitrogens with zero attached hydrogens (tertiary/aromatic N) is 2. The Kier molecular flexibility index (Phi) is 5.06. The molecular formula is C15H18BrClN2. The molecule has 102 valence electrons. The van der Waals surface area contributed by atoms with Gasteiger partial charge in [-0.15, -0.1) is 0 Å². The Labute approximate surface area is 127 Å². The van der Waals surface area contributed by atoms with Crippen LogP contribution in [0.4, 0.5) is 0 Å². The maximum Gasteiger partial charge on any atom is 0.0624 e. The summed E-state index contributed by atoms with van der Waals surface area (Å²) in [5.41, 5.74) is 3.73. The Morgan fingerprint density at radius 1 is 1.32 bits per heavy atom. The summed E-state index contributed by atoms with van der Waals surface area (Å²) >= 11 is 9.56. The molecule has 2 rings (SSSR count). The van der Waals surface area contributed by atoms with E-state index >= 15 is 0 Å². The molecule has 4 heteroatoms. The lowest BCUT2D eigenvalue weighted by Crippen LogP contribution is -2.08. The molecule has 2 aromatic rings. The third-order valence-corrected chi connectivity index (χ3v) is 4.41. The van der Waals surface area contributed by atoms with Crippen LogP contribution in [0.3, 0.4) is 0 Å². The Morgan fingerprint density at radius 2 is 2.00 bits per heavy atom. The number of halogens is 2. The van der Waals surface area contributed by atoms with E-state index in [0.717, 1.165) is 28.9 Å². The first-order valence-corrected chi connectivity index (χ1v) is 7.97. The molecule has 1 unspecified atom stereocenters. The fraction of sp³-hybridized carbons (Fsp3) is 0.400. The quantitative estimate of drug-likeness (QED) is 0.739. The summed E-state index contributed by atoms with van der Waals surface area (Å²) < 4.78 is 1.99. The lowest BCUT2D eigenvalue weighted by molar-refractivity contribution is 0.658. The molecule has 1 aromatic carbocycles. The van der Waals surface area contributed by atoms with Crippen molar-refractivity contribution in [2.75, 3.05) is 5.33 Å². The molecule has 0 spiro atoms. The van der Waals surface area contributed by atoms with Gasteiger partial charge in [-0.2, -0.15) is 5.10 Å². The molecule has 1 heterocycles. The maximum absolute atomic E-state index is 5.94. The highest BCUT2D eigenvalue weighted by Gasteiger charge is 2.14. The minimum atomic E-state index is 0.442. The third kappa shape index (κ3) is 3.61. The zero-order chi connectivity index (χ0) is 13.8. The Balaban J connectivity index is 2.18. The lowest BCUT2D eigenvalue weighted by Gasteiger charge is -2.14. The van der Waals surface area contributed by atoms with Gasteiger partial charge in [0.2, 0.25) is 0 Å². The van der Waals surface area contributed by atoms with Gasteiger partial charge in [0.25, 0.3) is 0 Å². The first-order valence-electron chi connectivity index (χ1n) is 6.47. The first kappa shape index (κ1) is 14.6. The fourth-order valence-corrected chi connectivity index (χ4v) is 2.91. The minimum Gasteiger partial charge on any atom is -0.272 e. The van der Waals surface area contributed by atoms with Crippen molar-refractivity contribution < 1.29 is 0 Å². The van der Waals surface area contributed by atoms with Gasteiger partial charge in [0.1, 0.15) is 0 Å². The third-order valence-electron chi connectivity index (χ3n) is 3.37. The van der Waals surface area contributed by atoms with Crippen molar-refractivity contribution in [1.29, 1.82) is 0 Å². The summed E-state index contributed by atoms with van der Waals surface area (Å²) in [6, 6.07) is 10.3. The molecule has 0 aliphatic rings. The number of hydrogen-bond donors (Lipinski definition) is 0. The largest absolute Gasteiger partial charge is 0.272 e. The predicted octanol–water partition coefficient (Wildman–Crippen LogP) is 4.36. The standard InChI is InChI=1S/C15H18BrClN2/c1-3-14-9-15(19(2)18-14)8-12(10-16)11-4-6-13(17)7-5-11/h4-7,9,12H,3,8,10H2,1-2H3. The van der Waals surface area contributed by atoms with Gasteiger partial charge in [0.15, 0.2) is 0 Å². The molecule has 0 aliphatic carbocycles. The normalized spacial score (nSPS) is 12.6. The average molecular weight is 342 g/mol. The summed E-state index contributed by atoms with van der Waals surface area (Å²) in [6.45, 7) is 2.13. The van der Waals surface area contributed by atoms with Gasteiger partial charge in [0.05, 0.1) is 5.69 Å². The second kappa shape index (κ2) is 6.58. The summed E-state index contributed by atoms with van der Waals surface area (Å²) in [4.78, 5) is 0. The van der Waals surface area contributed by atoms with Crippen LogP contribution < -0.4 is 0 Å². The van der Waals surface area contributed by atoms with Crippen molar-refractivity contribution in [2.24, 2.45) is 7.05 Å². The molecule has 1 aromatic heterocycles. The van der Waals surface area contributed by atoms with Crippen molar-refractivity contribution in [2.45, 2.75) is 25.7 Å². The van der Waals surface area contributed by atoms with Crippen LogP contribution >= 0.6 is 27.5 Å². The second-order valence-corrected chi connectivity index (χ2v) is 5.79. The van der Waals surface area contributed by atoms with Crippen molar-refractivity contribution >= 4 is 27.5 Å². The molecule has 0 radical (unpaired) electrons. The summed E-state index contributed by atoms with van der Waals surface area (Å²) in [5.74, 6) is 0.442. The highest BCUT2D eigenvalue weighted by molar-refractivity contribution is 9.09. The van der Waals surface area contributed by atoms with E-state index in [9.17, 15) is 0 Å². The topological polar surface area (TPSA) is 17.8 Å². The molecule has 0 N–H and O–H groups in total. The van der Waals surface area contributed by atoms with Gasteiger partial charge in [-0.3, -0.25) is 4.68 Å². The van der Waals surface area contributed by atoms with Crippen LogP contribution in [0.2, 0.25) is 5.02 Å². The smallest absolute Gasteiger partial charge is 0.0624 e. The molecule has 0 bridgehead atoms. The molecule has 0 amide bonds. The van der Waals surface area contributed by atoms with Crippen molar-refractivity contribution in [3.05, 3.63) is 52.3 Å². The van der Waals surface area contributed by atoms with Gasteiger partial charge in [-0.25, -0.2) is 0 Å². The van der Waals surface area contributed by atoms with Gasteiger partial charge >= 0.3 is 0 Å². The van der Waals surface area contributed by atoms with Crippen LogP contribution in [0, 0.1) is 0 Å². The number of benzene rings is 1. The van der Waals surface area contributed by atoms with Gasteiger partial charge < -0.3 is 0 Å². The van der Waals surface area contributed by atoms with Crippen molar-refractivity contribution in [3.63, 3.8) is 0 Å². The van der Waals surface area contributed by atoms with Crippen LogP contribution in [-0.4, -0.2) is 15.1 Å². The molecule has 0 fully saturated rings. The number of hydrogen-bond acceptors (Lipinski definition) is 1. The molecule has 0 aliphatic heterocycles. The minimum absolute atomic E-state index is 0.442. The zero-order valence-corrected chi connectivity index (χ0v) is 13.6. The molecule has 2 nitrogen and oxygen atoms in total.